The number of carbonyl (C=O) groups excluding carboxylic acids is 1. The van der Waals surface area contributed by atoms with Crippen LogP contribution in [0.3, 0.4) is 0 Å². The highest BCUT2D eigenvalue weighted by Gasteiger charge is 2.45. The molecular formula is C13H24N2O5. The molecule has 1 fully saturated rings. The van der Waals surface area contributed by atoms with Crippen molar-refractivity contribution in [1.29, 1.82) is 0 Å². The molecule has 0 saturated carbocycles. The summed E-state index contributed by atoms with van der Waals surface area (Å²) < 4.78 is 0. The summed E-state index contributed by atoms with van der Waals surface area (Å²) in [5.41, 5.74) is -0.936. The van der Waals surface area contributed by atoms with E-state index < -0.39 is 22.3 Å². The summed E-state index contributed by atoms with van der Waals surface area (Å²) in [6.07, 6.45) is 1.43. The molecule has 0 aliphatic carbocycles. The molecule has 0 aromatic heterocycles. The Morgan fingerprint density at radius 2 is 1.95 bits per heavy atom. The summed E-state index contributed by atoms with van der Waals surface area (Å²) >= 11 is 0. The third kappa shape index (κ3) is 4.06. The molecule has 0 aromatic rings. The molecule has 0 N–H and O–H groups in total. The fourth-order valence-corrected chi connectivity index (χ4v) is 2.80. The Balaban J connectivity index is 2.96. The molecule has 0 amide bonds. The lowest BCUT2D eigenvalue weighted by Crippen LogP contribution is -2.55. The van der Waals surface area contributed by atoms with Gasteiger partial charge in [0.15, 0.2) is 0 Å². The Morgan fingerprint density at radius 1 is 1.35 bits per heavy atom. The van der Waals surface area contributed by atoms with Crippen LogP contribution in [0.5, 0.6) is 0 Å². The summed E-state index contributed by atoms with van der Waals surface area (Å²) in [5.74, 6) is -0.306. The van der Waals surface area contributed by atoms with Crippen molar-refractivity contribution in [2.24, 2.45) is 0 Å². The summed E-state index contributed by atoms with van der Waals surface area (Å²) in [6, 6.07) is 0. The number of hydrogen-bond donors (Lipinski definition) is 0. The van der Waals surface area contributed by atoms with Crippen molar-refractivity contribution in [2.75, 3.05) is 0 Å². The van der Waals surface area contributed by atoms with E-state index in [9.17, 15) is 14.9 Å². The highest BCUT2D eigenvalue weighted by atomic mass is 17.0. The van der Waals surface area contributed by atoms with Gasteiger partial charge in [0.05, 0.1) is 11.1 Å². The van der Waals surface area contributed by atoms with Crippen molar-refractivity contribution in [3.8, 4) is 0 Å². The standard InChI is InChI=1S/C13H24N2O5/c1-6-11(16)20-14-12(2,3)8-7-10(19-15(17)18)9-13(14,4)5/h10H,6-9H2,1-5H3. The quantitative estimate of drug-likeness (QED) is 0.584. The molecule has 7 nitrogen and oxygen atoms in total. The van der Waals surface area contributed by atoms with Crippen molar-refractivity contribution in [3.63, 3.8) is 0 Å². The predicted octanol–water partition coefficient (Wildman–Crippen LogP) is 2.47. The van der Waals surface area contributed by atoms with Gasteiger partial charge in [-0.3, -0.25) is 4.79 Å². The van der Waals surface area contributed by atoms with Crippen molar-refractivity contribution < 1.29 is 19.6 Å². The summed E-state index contributed by atoms with van der Waals surface area (Å²) in [4.78, 5) is 32.4. The Kier molecular flexibility index (Phi) is 4.96. The lowest BCUT2D eigenvalue weighted by Gasteiger charge is -2.44. The van der Waals surface area contributed by atoms with Gasteiger partial charge in [-0.1, -0.05) is 6.92 Å². The van der Waals surface area contributed by atoms with Gasteiger partial charge in [0.25, 0.3) is 5.09 Å². The molecular weight excluding hydrogens is 264 g/mol. The SMILES string of the molecule is CCC(=O)ON1C(C)(C)CCC(O[N+](=O)[O-])CC1(C)C. The molecule has 20 heavy (non-hydrogen) atoms. The van der Waals surface area contributed by atoms with Crippen LogP contribution in [0, 0.1) is 10.1 Å². The first-order valence-electron chi connectivity index (χ1n) is 6.91. The van der Waals surface area contributed by atoms with Crippen LogP contribution in [0.2, 0.25) is 0 Å². The van der Waals surface area contributed by atoms with E-state index in [2.05, 4.69) is 0 Å². The molecule has 116 valence electrons. The minimum atomic E-state index is -0.749. The van der Waals surface area contributed by atoms with Crippen LogP contribution in [0.1, 0.15) is 60.3 Å². The van der Waals surface area contributed by atoms with Crippen LogP contribution in [-0.4, -0.2) is 33.3 Å². The normalized spacial score (nSPS) is 25.6. The highest BCUT2D eigenvalue weighted by Crippen LogP contribution is 2.38. The van der Waals surface area contributed by atoms with Gasteiger partial charge in [-0.25, -0.2) is 0 Å². The molecule has 1 saturated heterocycles. The number of rotatable bonds is 4. The lowest BCUT2D eigenvalue weighted by atomic mass is 9.95. The summed E-state index contributed by atoms with van der Waals surface area (Å²) in [6.45, 7) is 9.47. The van der Waals surface area contributed by atoms with Gasteiger partial charge >= 0.3 is 5.97 Å². The van der Waals surface area contributed by atoms with Crippen LogP contribution in [-0.2, 0) is 14.5 Å². The summed E-state index contributed by atoms with van der Waals surface area (Å²) in [5, 5.41) is 11.5. The largest absolute Gasteiger partial charge is 0.367 e. The average Bonchev–Trinajstić information content (AvgIpc) is 2.37. The van der Waals surface area contributed by atoms with Gasteiger partial charge in [0, 0.05) is 6.42 Å². The second-order valence-electron chi connectivity index (χ2n) is 6.43. The summed E-state index contributed by atoms with van der Waals surface area (Å²) in [7, 11) is 0. The molecule has 1 atom stereocenters. The second-order valence-corrected chi connectivity index (χ2v) is 6.43. The van der Waals surface area contributed by atoms with Gasteiger partial charge in [0.2, 0.25) is 0 Å². The second kappa shape index (κ2) is 5.95. The van der Waals surface area contributed by atoms with Crippen LogP contribution in [0.25, 0.3) is 0 Å². The first kappa shape index (κ1) is 16.7. The van der Waals surface area contributed by atoms with Crippen molar-refractivity contribution >= 4 is 5.97 Å². The maximum atomic E-state index is 11.6. The molecule has 7 heteroatoms. The number of nitrogens with zero attached hydrogens (tertiary/aromatic N) is 2. The van der Waals surface area contributed by atoms with Gasteiger partial charge in [0.1, 0.15) is 6.10 Å². The van der Waals surface area contributed by atoms with Gasteiger partial charge in [-0.15, -0.1) is 15.2 Å². The molecule has 0 spiro atoms. The van der Waals surface area contributed by atoms with Crippen LogP contribution in [0.4, 0.5) is 0 Å². The minimum Gasteiger partial charge on any atom is -0.367 e. The van der Waals surface area contributed by atoms with Gasteiger partial charge < -0.3 is 9.68 Å². The Bertz CT molecular complexity index is 381. The van der Waals surface area contributed by atoms with E-state index in [0.717, 1.165) is 0 Å². The Labute approximate surface area is 119 Å². The van der Waals surface area contributed by atoms with E-state index in [1.54, 1.807) is 12.0 Å². The number of carbonyl (C=O) groups is 1. The molecule has 1 aliphatic rings. The van der Waals surface area contributed by atoms with Crippen molar-refractivity contribution in [3.05, 3.63) is 10.1 Å². The van der Waals surface area contributed by atoms with Crippen LogP contribution in [0.15, 0.2) is 0 Å². The first-order chi connectivity index (χ1) is 9.08. The van der Waals surface area contributed by atoms with E-state index in [1.165, 1.54) is 0 Å². The lowest BCUT2D eigenvalue weighted by molar-refractivity contribution is -0.769. The molecule has 1 aliphatic heterocycles. The van der Waals surface area contributed by atoms with E-state index in [4.69, 9.17) is 9.68 Å². The van der Waals surface area contributed by atoms with Gasteiger partial charge in [-0.05, 0) is 47.0 Å². The number of hydrogen-bond acceptors (Lipinski definition) is 6. The van der Waals surface area contributed by atoms with E-state index >= 15 is 0 Å². The van der Waals surface area contributed by atoms with E-state index in [-0.39, 0.29) is 12.4 Å². The zero-order chi connectivity index (χ0) is 15.6. The predicted molar refractivity (Wildman–Crippen MR) is 72.1 cm³/mol. The fourth-order valence-electron chi connectivity index (χ4n) is 2.80. The monoisotopic (exact) mass is 288 g/mol. The third-order valence-electron chi connectivity index (χ3n) is 3.62. The van der Waals surface area contributed by atoms with Crippen molar-refractivity contribution in [1.82, 2.24) is 5.06 Å². The Morgan fingerprint density at radius 3 is 2.45 bits per heavy atom. The number of hydroxylamine groups is 2. The maximum Gasteiger partial charge on any atom is 0.324 e. The van der Waals surface area contributed by atoms with E-state index in [0.29, 0.717) is 19.3 Å². The van der Waals surface area contributed by atoms with E-state index in [1.807, 2.05) is 27.7 Å². The minimum absolute atomic E-state index is 0.289. The molecule has 1 rings (SSSR count). The molecule has 0 bridgehead atoms. The molecule has 1 unspecified atom stereocenters. The average molecular weight is 288 g/mol. The topological polar surface area (TPSA) is 81.9 Å². The highest BCUT2D eigenvalue weighted by molar-refractivity contribution is 5.68. The first-order valence-corrected chi connectivity index (χ1v) is 6.91. The zero-order valence-corrected chi connectivity index (χ0v) is 12.8. The molecule has 0 radical (unpaired) electrons. The smallest absolute Gasteiger partial charge is 0.324 e. The molecule has 0 aromatic carbocycles. The van der Waals surface area contributed by atoms with Crippen molar-refractivity contribution in [2.45, 2.75) is 77.5 Å². The third-order valence-corrected chi connectivity index (χ3v) is 3.62. The van der Waals surface area contributed by atoms with Crippen LogP contribution >= 0.6 is 0 Å². The maximum absolute atomic E-state index is 11.6. The van der Waals surface area contributed by atoms with Gasteiger partial charge in [-0.2, -0.15) is 0 Å². The molecule has 1 heterocycles. The van der Waals surface area contributed by atoms with Crippen LogP contribution < -0.4 is 0 Å². The zero-order valence-electron chi connectivity index (χ0n) is 12.8. The Hall–Kier alpha value is -1.37. The fraction of sp³-hybridized carbons (Fsp3) is 0.923.